The van der Waals surface area contributed by atoms with Gasteiger partial charge >= 0.3 is 0 Å². The van der Waals surface area contributed by atoms with Gasteiger partial charge in [-0.3, -0.25) is 4.99 Å². The fourth-order valence-corrected chi connectivity index (χ4v) is 3.88. The quantitative estimate of drug-likeness (QED) is 0.233. The third-order valence-corrected chi connectivity index (χ3v) is 5.61. The topological polar surface area (TPSA) is 46.1 Å². The first kappa shape index (κ1) is 25.1. The third-order valence-electron chi connectivity index (χ3n) is 5.61. The van der Waals surface area contributed by atoms with Crippen molar-refractivity contribution in [3.8, 4) is 0 Å². The predicted octanol–water partition coefficient (Wildman–Crippen LogP) is 4.58. The largest absolute Gasteiger partial charge is 0.381 e. The Bertz CT molecular complexity index is 635. The van der Waals surface area contributed by atoms with Crippen LogP contribution in [0.2, 0.25) is 0 Å². The van der Waals surface area contributed by atoms with Gasteiger partial charge in [-0.2, -0.15) is 0 Å². The van der Waals surface area contributed by atoms with E-state index >= 15 is 0 Å². The van der Waals surface area contributed by atoms with Crippen LogP contribution in [0.1, 0.15) is 44.6 Å². The maximum Gasteiger partial charge on any atom is 0.193 e. The molecule has 2 heterocycles. The Morgan fingerprint density at radius 1 is 1.20 bits per heavy atom. The first-order valence-corrected chi connectivity index (χ1v) is 11.3. The van der Waals surface area contributed by atoms with Crippen molar-refractivity contribution in [1.82, 2.24) is 10.2 Å². The van der Waals surface area contributed by atoms with E-state index in [9.17, 15) is 0 Å². The number of rotatable bonds is 8. The van der Waals surface area contributed by atoms with E-state index in [-0.39, 0.29) is 24.0 Å². The maximum absolute atomic E-state index is 5.86. The molecule has 1 N–H and O–H groups in total. The Morgan fingerprint density at radius 3 is 2.63 bits per heavy atom. The minimum absolute atomic E-state index is 0. The number of piperidine rings is 1. The lowest BCUT2D eigenvalue weighted by atomic mass is 10.0. The summed E-state index contributed by atoms with van der Waals surface area (Å²) in [4.78, 5) is 7.24. The second-order valence-electron chi connectivity index (χ2n) is 7.92. The van der Waals surface area contributed by atoms with Crippen LogP contribution in [0.15, 0.2) is 40.9 Å². The van der Waals surface area contributed by atoms with Crippen molar-refractivity contribution in [3.63, 3.8) is 0 Å². The van der Waals surface area contributed by atoms with Gasteiger partial charge in [-0.05, 0) is 50.5 Å². The van der Waals surface area contributed by atoms with Gasteiger partial charge in [0.25, 0.3) is 0 Å². The monoisotopic (exact) mass is 527 g/mol. The second-order valence-corrected chi connectivity index (χ2v) is 7.92. The number of hydrogen-bond acceptors (Lipinski definition) is 3. The van der Waals surface area contributed by atoms with E-state index in [1.807, 2.05) is 0 Å². The van der Waals surface area contributed by atoms with Crippen LogP contribution in [0.4, 0.5) is 0 Å². The molecular formula is C24H38IN3O2. The molecule has 0 unspecified atom stereocenters. The summed E-state index contributed by atoms with van der Waals surface area (Å²) >= 11 is 0. The second kappa shape index (κ2) is 14.8. The Balaban J connectivity index is 0.00000320. The molecule has 1 aromatic rings. The van der Waals surface area contributed by atoms with E-state index < -0.39 is 0 Å². The number of hydrogen-bond donors (Lipinski definition) is 1. The number of aliphatic imine (C=N–C) groups is 1. The van der Waals surface area contributed by atoms with E-state index in [2.05, 4.69) is 53.5 Å². The SMILES string of the molecule is CCNC(=NCCCOCC1CCOCC1)N1CCC(=Cc2ccccc2)CC1.I. The number of guanidine groups is 1. The summed E-state index contributed by atoms with van der Waals surface area (Å²) < 4.78 is 11.3. The molecule has 2 aliphatic rings. The van der Waals surface area contributed by atoms with Gasteiger partial charge in [-0.1, -0.05) is 42.0 Å². The molecule has 0 amide bonds. The van der Waals surface area contributed by atoms with Crippen LogP contribution in [0, 0.1) is 5.92 Å². The van der Waals surface area contributed by atoms with Crippen LogP contribution >= 0.6 is 24.0 Å². The maximum atomic E-state index is 5.86. The summed E-state index contributed by atoms with van der Waals surface area (Å²) in [6.45, 7) is 9.37. The standard InChI is InChI=1S/C24H37N3O2.HI/c1-2-25-24(26-13-6-16-29-20-23-11-17-28-18-12-23)27-14-9-22(10-15-27)19-21-7-4-3-5-8-21;/h3-5,7-8,19,23H,2,6,9-18,20H2,1H3,(H,25,26);1H. The van der Waals surface area contributed by atoms with Gasteiger partial charge in [0.15, 0.2) is 5.96 Å². The van der Waals surface area contributed by atoms with Crippen LogP contribution in [0.5, 0.6) is 0 Å². The molecule has 2 aliphatic heterocycles. The van der Waals surface area contributed by atoms with Gasteiger partial charge in [0.2, 0.25) is 0 Å². The molecule has 2 fully saturated rings. The third kappa shape index (κ3) is 8.94. The lowest BCUT2D eigenvalue weighted by molar-refractivity contribution is 0.0205. The molecule has 3 rings (SSSR count). The van der Waals surface area contributed by atoms with Crippen LogP contribution in [-0.4, -0.2) is 63.5 Å². The zero-order valence-electron chi connectivity index (χ0n) is 18.4. The Hall–Kier alpha value is -1.12. The molecule has 1 aromatic carbocycles. The Morgan fingerprint density at radius 2 is 1.93 bits per heavy atom. The molecule has 168 valence electrons. The summed E-state index contributed by atoms with van der Waals surface area (Å²) in [5.41, 5.74) is 2.84. The fraction of sp³-hybridized carbons (Fsp3) is 0.625. The molecule has 5 nitrogen and oxygen atoms in total. The summed E-state index contributed by atoms with van der Waals surface area (Å²) in [6, 6.07) is 10.6. The molecule has 30 heavy (non-hydrogen) atoms. The van der Waals surface area contributed by atoms with Crippen molar-refractivity contribution >= 4 is 36.0 Å². The van der Waals surface area contributed by atoms with Gasteiger partial charge in [-0.15, -0.1) is 24.0 Å². The molecule has 0 radical (unpaired) electrons. The van der Waals surface area contributed by atoms with Gasteiger partial charge in [0.1, 0.15) is 0 Å². The number of likely N-dealkylation sites (tertiary alicyclic amines) is 1. The smallest absolute Gasteiger partial charge is 0.193 e. The first-order valence-electron chi connectivity index (χ1n) is 11.3. The minimum atomic E-state index is 0. The molecule has 6 heteroatoms. The molecule has 2 saturated heterocycles. The van der Waals surface area contributed by atoms with Gasteiger partial charge < -0.3 is 19.7 Å². The zero-order chi connectivity index (χ0) is 20.2. The number of benzene rings is 1. The number of nitrogens with zero attached hydrogens (tertiary/aromatic N) is 2. The highest BCUT2D eigenvalue weighted by molar-refractivity contribution is 14.0. The number of halogens is 1. The van der Waals surface area contributed by atoms with E-state index in [0.29, 0.717) is 5.92 Å². The molecular weight excluding hydrogens is 489 g/mol. The summed E-state index contributed by atoms with van der Waals surface area (Å²) in [5, 5.41) is 3.46. The normalized spacial score (nSPS) is 18.1. The lowest BCUT2D eigenvalue weighted by Gasteiger charge is -2.31. The summed E-state index contributed by atoms with van der Waals surface area (Å²) in [7, 11) is 0. The van der Waals surface area contributed by atoms with Crippen molar-refractivity contribution in [3.05, 3.63) is 41.5 Å². The highest BCUT2D eigenvalue weighted by Crippen LogP contribution is 2.19. The van der Waals surface area contributed by atoms with Crippen LogP contribution in [0.3, 0.4) is 0 Å². The van der Waals surface area contributed by atoms with E-state index in [4.69, 9.17) is 14.5 Å². The van der Waals surface area contributed by atoms with Crippen LogP contribution < -0.4 is 5.32 Å². The molecule has 0 aromatic heterocycles. The molecule has 0 atom stereocenters. The van der Waals surface area contributed by atoms with Crippen molar-refractivity contribution in [2.24, 2.45) is 10.9 Å². The Labute approximate surface area is 199 Å². The van der Waals surface area contributed by atoms with Gasteiger partial charge in [-0.25, -0.2) is 0 Å². The summed E-state index contributed by atoms with van der Waals surface area (Å²) in [6.07, 6.45) is 7.81. The van der Waals surface area contributed by atoms with E-state index in [0.717, 1.165) is 90.7 Å². The molecule has 0 aliphatic carbocycles. The minimum Gasteiger partial charge on any atom is -0.381 e. The zero-order valence-corrected chi connectivity index (χ0v) is 20.7. The predicted molar refractivity (Wildman–Crippen MR) is 136 cm³/mol. The Kier molecular flexibility index (Phi) is 12.4. The van der Waals surface area contributed by atoms with Crippen molar-refractivity contribution in [2.75, 3.05) is 52.6 Å². The molecule has 0 bridgehead atoms. The van der Waals surface area contributed by atoms with Crippen molar-refractivity contribution < 1.29 is 9.47 Å². The van der Waals surface area contributed by atoms with Gasteiger partial charge in [0, 0.05) is 52.6 Å². The van der Waals surface area contributed by atoms with Crippen molar-refractivity contribution in [2.45, 2.75) is 39.0 Å². The first-order chi connectivity index (χ1) is 14.3. The van der Waals surface area contributed by atoms with E-state index in [1.54, 1.807) is 0 Å². The average molecular weight is 527 g/mol. The van der Waals surface area contributed by atoms with Crippen LogP contribution in [-0.2, 0) is 9.47 Å². The molecule has 0 spiro atoms. The van der Waals surface area contributed by atoms with E-state index in [1.165, 1.54) is 11.1 Å². The fourth-order valence-electron chi connectivity index (χ4n) is 3.88. The highest BCUT2D eigenvalue weighted by atomic mass is 127. The van der Waals surface area contributed by atoms with Crippen LogP contribution in [0.25, 0.3) is 6.08 Å². The number of nitrogens with one attached hydrogen (secondary N) is 1. The summed E-state index contributed by atoms with van der Waals surface area (Å²) in [5.74, 6) is 1.73. The van der Waals surface area contributed by atoms with Gasteiger partial charge in [0.05, 0.1) is 0 Å². The number of ether oxygens (including phenoxy) is 2. The molecule has 0 saturated carbocycles. The average Bonchev–Trinajstić information content (AvgIpc) is 2.77. The van der Waals surface area contributed by atoms with Crippen molar-refractivity contribution in [1.29, 1.82) is 0 Å². The highest BCUT2D eigenvalue weighted by Gasteiger charge is 2.17. The lowest BCUT2D eigenvalue weighted by Crippen LogP contribution is -2.44.